The number of aryl methyl sites for hydroxylation is 2. The third-order valence-electron chi connectivity index (χ3n) is 3.64. The van der Waals surface area contributed by atoms with Crippen LogP contribution in [0.25, 0.3) is 0 Å². The predicted octanol–water partition coefficient (Wildman–Crippen LogP) is 4.34. The van der Waals surface area contributed by atoms with Crippen LogP contribution in [0.5, 0.6) is 5.75 Å². The van der Waals surface area contributed by atoms with Crippen molar-refractivity contribution in [3.63, 3.8) is 0 Å². The quantitative estimate of drug-likeness (QED) is 0.826. The van der Waals surface area contributed by atoms with Crippen LogP contribution in [-0.4, -0.2) is 18.6 Å². The van der Waals surface area contributed by atoms with E-state index in [1.165, 1.54) is 12.1 Å². The molecule has 128 valence electrons. The Bertz CT molecular complexity index is 720. The van der Waals surface area contributed by atoms with Crippen molar-refractivity contribution < 1.29 is 18.3 Å². The topological polar surface area (TPSA) is 50.4 Å². The number of ether oxygens (including phenoxy) is 1. The van der Waals surface area contributed by atoms with Gasteiger partial charge in [0.25, 0.3) is 0 Å². The Morgan fingerprint density at radius 2 is 1.79 bits per heavy atom. The van der Waals surface area contributed by atoms with E-state index >= 15 is 0 Å². The Balaban J connectivity index is 2.05. The van der Waals surface area contributed by atoms with E-state index in [1.54, 1.807) is 19.1 Å². The zero-order chi connectivity index (χ0) is 17.7. The third-order valence-corrected chi connectivity index (χ3v) is 3.64. The van der Waals surface area contributed by atoms with E-state index in [0.717, 1.165) is 16.8 Å². The number of carbonyl (C=O) groups excluding carboxylic acids is 1. The summed E-state index contributed by atoms with van der Waals surface area (Å²) in [5.41, 5.74) is 3.30. The van der Waals surface area contributed by atoms with Crippen molar-refractivity contribution in [1.82, 2.24) is 0 Å². The highest BCUT2D eigenvalue weighted by atomic mass is 19.3. The van der Waals surface area contributed by atoms with Gasteiger partial charge in [-0.2, -0.15) is 8.78 Å². The van der Waals surface area contributed by atoms with E-state index < -0.39 is 12.7 Å². The molecule has 0 aromatic heterocycles. The van der Waals surface area contributed by atoms with Crippen LogP contribution in [0.3, 0.4) is 0 Å². The average molecular weight is 334 g/mol. The molecular weight excluding hydrogens is 314 g/mol. The van der Waals surface area contributed by atoms with Gasteiger partial charge in [-0.1, -0.05) is 18.2 Å². The fraction of sp³-hybridized carbons (Fsp3) is 0.278. The van der Waals surface area contributed by atoms with Gasteiger partial charge in [-0.15, -0.1) is 0 Å². The zero-order valence-corrected chi connectivity index (χ0v) is 13.8. The van der Waals surface area contributed by atoms with E-state index in [-0.39, 0.29) is 17.3 Å². The lowest BCUT2D eigenvalue weighted by molar-refractivity contribution is -0.116. The molecule has 0 saturated heterocycles. The molecule has 24 heavy (non-hydrogen) atoms. The summed E-state index contributed by atoms with van der Waals surface area (Å²) in [5, 5.41) is 5.69. The number of hydrogen-bond acceptors (Lipinski definition) is 3. The summed E-state index contributed by atoms with van der Waals surface area (Å²) < 4.78 is 29.2. The number of hydrogen-bond donors (Lipinski definition) is 2. The van der Waals surface area contributed by atoms with Crippen molar-refractivity contribution in [3.05, 3.63) is 53.6 Å². The van der Waals surface area contributed by atoms with Gasteiger partial charge in [0, 0.05) is 5.69 Å². The van der Waals surface area contributed by atoms with Gasteiger partial charge in [-0.05, 0) is 56.2 Å². The first-order chi connectivity index (χ1) is 11.4. The molecule has 4 nitrogen and oxygen atoms in total. The van der Waals surface area contributed by atoms with Crippen molar-refractivity contribution in [2.24, 2.45) is 0 Å². The Morgan fingerprint density at radius 3 is 2.46 bits per heavy atom. The number of halogens is 2. The fourth-order valence-corrected chi connectivity index (χ4v) is 2.16. The predicted molar refractivity (Wildman–Crippen MR) is 90.7 cm³/mol. The lowest BCUT2D eigenvalue weighted by Gasteiger charge is -2.17. The monoisotopic (exact) mass is 334 g/mol. The van der Waals surface area contributed by atoms with E-state index in [4.69, 9.17) is 0 Å². The summed E-state index contributed by atoms with van der Waals surface area (Å²) in [5.74, 6) is -0.419. The highest BCUT2D eigenvalue weighted by molar-refractivity contribution is 5.97. The molecule has 0 aliphatic carbocycles. The number of rotatable bonds is 6. The fourth-order valence-electron chi connectivity index (χ4n) is 2.16. The van der Waals surface area contributed by atoms with Crippen molar-refractivity contribution in [2.45, 2.75) is 33.4 Å². The molecule has 1 unspecified atom stereocenters. The van der Waals surface area contributed by atoms with E-state index in [0.29, 0.717) is 0 Å². The number of para-hydroxylation sites is 2. The van der Waals surface area contributed by atoms with E-state index in [1.807, 2.05) is 32.0 Å². The van der Waals surface area contributed by atoms with Gasteiger partial charge >= 0.3 is 6.61 Å². The van der Waals surface area contributed by atoms with Crippen molar-refractivity contribution in [2.75, 3.05) is 10.6 Å². The maximum Gasteiger partial charge on any atom is 0.387 e. The minimum atomic E-state index is -2.95. The molecule has 1 amide bonds. The second-order valence-electron chi connectivity index (χ2n) is 5.53. The summed E-state index contributed by atoms with van der Waals surface area (Å²) >= 11 is 0. The van der Waals surface area contributed by atoms with Crippen molar-refractivity contribution >= 4 is 17.3 Å². The number of amides is 1. The Morgan fingerprint density at radius 1 is 1.08 bits per heavy atom. The standard InChI is InChI=1S/C18H20F2N2O2/c1-11-8-9-14(10-12(11)2)21-13(3)17(23)22-15-6-4-5-7-16(15)24-18(19)20/h4-10,13,18,21H,1-3H3,(H,22,23). The Labute approximate surface area is 139 Å². The maximum absolute atomic E-state index is 12.4. The summed E-state index contributed by atoms with van der Waals surface area (Å²) in [4.78, 5) is 12.3. The zero-order valence-electron chi connectivity index (χ0n) is 13.8. The largest absolute Gasteiger partial charge is 0.433 e. The molecule has 2 N–H and O–H groups in total. The van der Waals surface area contributed by atoms with Crippen LogP contribution in [0, 0.1) is 13.8 Å². The highest BCUT2D eigenvalue weighted by Crippen LogP contribution is 2.25. The second-order valence-corrected chi connectivity index (χ2v) is 5.53. The molecule has 0 bridgehead atoms. The van der Waals surface area contributed by atoms with Crippen LogP contribution in [0.4, 0.5) is 20.2 Å². The van der Waals surface area contributed by atoms with Gasteiger partial charge in [0.05, 0.1) is 5.69 Å². The van der Waals surface area contributed by atoms with Crippen LogP contribution in [0.2, 0.25) is 0 Å². The summed E-state index contributed by atoms with van der Waals surface area (Å²) in [7, 11) is 0. The third kappa shape index (κ3) is 4.68. The van der Waals surface area contributed by atoms with Gasteiger partial charge in [0.15, 0.2) is 0 Å². The molecule has 2 rings (SSSR count). The SMILES string of the molecule is Cc1ccc(NC(C)C(=O)Nc2ccccc2OC(F)F)cc1C. The van der Waals surface area contributed by atoms with Crippen molar-refractivity contribution in [3.8, 4) is 5.75 Å². The minimum absolute atomic E-state index is 0.0702. The van der Waals surface area contributed by atoms with Gasteiger partial charge < -0.3 is 15.4 Å². The molecule has 0 spiro atoms. The minimum Gasteiger partial charge on any atom is -0.433 e. The normalized spacial score (nSPS) is 11.9. The number of benzene rings is 2. The van der Waals surface area contributed by atoms with Gasteiger partial charge in [-0.25, -0.2) is 0 Å². The summed E-state index contributed by atoms with van der Waals surface area (Å²) in [6.45, 7) is 2.74. The van der Waals surface area contributed by atoms with E-state index in [9.17, 15) is 13.6 Å². The molecule has 2 aromatic rings. The highest BCUT2D eigenvalue weighted by Gasteiger charge is 2.16. The molecule has 0 heterocycles. The van der Waals surface area contributed by atoms with Crippen LogP contribution in [-0.2, 0) is 4.79 Å². The first kappa shape index (κ1) is 17.7. The van der Waals surface area contributed by atoms with Crippen LogP contribution >= 0.6 is 0 Å². The van der Waals surface area contributed by atoms with Crippen LogP contribution in [0.1, 0.15) is 18.1 Å². The first-order valence-corrected chi connectivity index (χ1v) is 7.55. The molecule has 0 aliphatic heterocycles. The number of carbonyl (C=O) groups is 1. The Kier molecular flexibility index (Phi) is 5.73. The molecule has 0 fully saturated rings. The molecule has 6 heteroatoms. The lowest BCUT2D eigenvalue weighted by Crippen LogP contribution is -2.32. The number of alkyl halides is 2. The molecule has 0 aliphatic rings. The first-order valence-electron chi connectivity index (χ1n) is 7.55. The smallest absolute Gasteiger partial charge is 0.387 e. The molecule has 0 radical (unpaired) electrons. The molecule has 2 aromatic carbocycles. The van der Waals surface area contributed by atoms with Gasteiger partial charge in [-0.3, -0.25) is 4.79 Å². The van der Waals surface area contributed by atoms with Crippen molar-refractivity contribution in [1.29, 1.82) is 0 Å². The van der Waals surface area contributed by atoms with Crippen LogP contribution < -0.4 is 15.4 Å². The summed E-state index contributed by atoms with van der Waals surface area (Å²) in [6, 6.07) is 11.3. The van der Waals surface area contributed by atoms with Gasteiger partial charge in [0.1, 0.15) is 11.8 Å². The Hall–Kier alpha value is -2.63. The lowest BCUT2D eigenvalue weighted by atomic mass is 10.1. The van der Waals surface area contributed by atoms with Gasteiger partial charge in [0.2, 0.25) is 5.91 Å². The number of nitrogens with one attached hydrogen (secondary N) is 2. The van der Waals surface area contributed by atoms with E-state index in [2.05, 4.69) is 15.4 Å². The molecular formula is C18H20F2N2O2. The number of anilines is 2. The molecule has 0 saturated carbocycles. The second kappa shape index (κ2) is 7.77. The summed E-state index contributed by atoms with van der Waals surface area (Å²) in [6.07, 6.45) is 0. The maximum atomic E-state index is 12.4. The van der Waals surface area contributed by atoms with Crippen LogP contribution in [0.15, 0.2) is 42.5 Å². The average Bonchev–Trinajstić information content (AvgIpc) is 2.52. The molecule has 1 atom stereocenters.